The van der Waals surface area contributed by atoms with Gasteiger partial charge >= 0.3 is 0 Å². The molecule has 4 nitrogen and oxygen atoms in total. The molecule has 126 valence electrons. The molecule has 0 aliphatic heterocycles. The van der Waals surface area contributed by atoms with Crippen LogP contribution >= 0.6 is 11.3 Å². The zero-order chi connectivity index (χ0) is 17.3. The summed E-state index contributed by atoms with van der Waals surface area (Å²) in [6.45, 7) is 6.25. The summed E-state index contributed by atoms with van der Waals surface area (Å²) in [5.74, 6) is 0.419. The van der Waals surface area contributed by atoms with Crippen LogP contribution in [0, 0.1) is 6.92 Å². The van der Waals surface area contributed by atoms with E-state index in [0.29, 0.717) is 11.0 Å². The molecule has 24 heavy (non-hydrogen) atoms. The van der Waals surface area contributed by atoms with Gasteiger partial charge in [0.2, 0.25) is 0 Å². The second-order valence-corrected chi connectivity index (χ2v) is 8.69. The summed E-state index contributed by atoms with van der Waals surface area (Å²) in [5.41, 5.74) is 3.07. The van der Waals surface area contributed by atoms with Crippen molar-refractivity contribution in [3.8, 4) is 0 Å². The number of thiazole rings is 1. The van der Waals surface area contributed by atoms with Crippen molar-refractivity contribution < 1.29 is 8.42 Å². The van der Waals surface area contributed by atoms with Crippen LogP contribution in [-0.4, -0.2) is 13.4 Å². The number of aromatic nitrogens is 1. The lowest BCUT2D eigenvalue weighted by atomic mass is 9.99. The van der Waals surface area contributed by atoms with Gasteiger partial charge in [-0.15, -0.1) is 0 Å². The maximum Gasteiger partial charge on any atom is 0.263 e. The predicted octanol–water partition coefficient (Wildman–Crippen LogP) is 4.92. The van der Waals surface area contributed by atoms with E-state index in [1.165, 1.54) is 11.3 Å². The minimum Gasteiger partial charge on any atom is -0.255 e. The van der Waals surface area contributed by atoms with Crippen LogP contribution < -0.4 is 4.72 Å². The molecule has 0 aliphatic carbocycles. The number of fused-ring (bicyclic) bond motifs is 1. The molecule has 0 saturated heterocycles. The lowest BCUT2D eigenvalue weighted by Gasteiger charge is -2.10. The van der Waals surface area contributed by atoms with Gasteiger partial charge in [0.05, 0.1) is 15.1 Å². The Morgan fingerprint density at radius 3 is 2.54 bits per heavy atom. The van der Waals surface area contributed by atoms with Gasteiger partial charge in [0.15, 0.2) is 5.13 Å². The molecule has 0 aliphatic rings. The topological polar surface area (TPSA) is 59.1 Å². The summed E-state index contributed by atoms with van der Waals surface area (Å²) >= 11 is 1.34. The number of rotatable bonds is 5. The Kier molecular flexibility index (Phi) is 4.60. The van der Waals surface area contributed by atoms with Crippen molar-refractivity contribution in [2.45, 2.75) is 38.0 Å². The fourth-order valence-corrected chi connectivity index (χ4v) is 4.66. The van der Waals surface area contributed by atoms with Crippen molar-refractivity contribution in [1.29, 1.82) is 0 Å². The molecule has 1 unspecified atom stereocenters. The smallest absolute Gasteiger partial charge is 0.255 e. The number of hydrogen-bond donors (Lipinski definition) is 1. The Balaban J connectivity index is 1.86. The highest BCUT2D eigenvalue weighted by molar-refractivity contribution is 7.93. The summed E-state index contributed by atoms with van der Waals surface area (Å²) in [4.78, 5) is 4.61. The highest BCUT2D eigenvalue weighted by atomic mass is 32.2. The minimum absolute atomic E-state index is 0.255. The molecule has 0 bridgehead atoms. The fourth-order valence-electron chi connectivity index (χ4n) is 2.46. The molecule has 1 heterocycles. The van der Waals surface area contributed by atoms with Crippen LogP contribution in [-0.2, 0) is 10.0 Å². The van der Waals surface area contributed by atoms with Crippen LogP contribution in [0.5, 0.6) is 0 Å². The minimum atomic E-state index is -3.62. The van der Waals surface area contributed by atoms with Gasteiger partial charge in [-0.1, -0.05) is 43.4 Å². The molecule has 1 aromatic heterocycles. The van der Waals surface area contributed by atoms with Crippen LogP contribution in [0.4, 0.5) is 5.13 Å². The van der Waals surface area contributed by atoms with Gasteiger partial charge in [-0.05, 0) is 54.7 Å². The first-order valence-electron chi connectivity index (χ1n) is 7.89. The third-order valence-corrected chi connectivity index (χ3v) is 6.56. The average Bonchev–Trinajstić information content (AvgIpc) is 2.94. The number of sulfonamides is 1. The van der Waals surface area contributed by atoms with E-state index in [9.17, 15) is 8.42 Å². The first kappa shape index (κ1) is 16.9. The van der Waals surface area contributed by atoms with Crippen molar-refractivity contribution in [3.05, 3.63) is 53.6 Å². The van der Waals surface area contributed by atoms with E-state index in [0.717, 1.165) is 27.8 Å². The summed E-state index contributed by atoms with van der Waals surface area (Å²) < 4.78 is 28.7. The van der Waals surface area contributed by atoms with Crippen molar-refractivity contribution >= 4 is 36.7 Å². The number of nitrogens with one attached hydrogen (secondary N) is 1. The zero-order valence-corrected chi connectivity index (χ0v) is 15.5. The Morgan fingerprint density at radius 2 is 1.88 bits per heavy atom. The average molecular weight is 361 g/mol. The summed E-state index contributed by atoms with van der Waals surface area (Å²) in [7, 11) is -3.62. The van der Waals surface area contributed by atoms with E-state index < -0.39 is 10.0 Å². The highest BCUT2D eigenvalue weighted by Gasteiger charge is 2.17. The highest BCUT2D eigenvalue weighted by Crippen LogP contribution is 2.29. The van der Waals surface area contributed by atoms with Crippen LogP contribution in [0.1, 0.15) is 37.3 Å². The molecule has 3 rings (SSSR count). The van der Waals surface area contributed by atoms with Crippen LogP contribution in [0.15, 0.2) is 47.4 Å². The van der Waals surface area contributed by atoms with Crippen LogP contribution in [0.2, 0.25) is 0 Å². The maximum absolute atomic E-state index is 12.6. The fraction of sp³-hybridized carbons (Fsp3) is 0.278. The first-order valence-corrected chi connectivity index (χ1v) is 10.2. The third kappa shape index (κ3) is 3.44. The molecular weight excluding hydrogens is 340 g/mol. The van der Waals surface area contributed by atoms with Gasteiger partial charge < -0.3 is 0 Å². The summed E-state index contributed by atoms with van der Waals surface area (Å²) in [5, 5.41) is 0.390. The molecule has 2 aromatic carbocycles. The zero-order valence-electron chi connectivity index (χ0n) is 13.9. The molecule has 0 amide bonds. The van der Waals surface area contributed by atoms with E-state index in [1.54, 1.807) is 12.1 Å². The number of hydrogen-bond acceptors (Lipinski definition) is 4. The standard InChI is InChI=1S/C18H20N2O2S2/c1-4-13(3)14-6-8-15(9-7-14)24(21,22)20-18-19-16-10-5-12(2)11-17(16)23-18/h5-11,13H,4H2,1-3H3,(H,19,20). The Bertz CT molecular complexity index is 960. The second kappa shape index (κ2) is 6.53. The molecule has 1 atom stereocenters. The Hall–Kier alpha value is -1.92. The third-order valence-electron chi connectivity index (χ3n) is 4.14. The van der Waals surface area contributed by atoms with E-state index in [-0.39, 0.29) is 4.90 Å². The molecular formula is C18H20N2O2S2. The molecule has 1 N–H and O–H groups in total. The molecule has 3 aromatic rings. The Labute approximate surface area is 146 Å². The van der Waals surface area contributed by atoms with Gasteiger partial charge in [0.25, 0.3) is 10.0 Å². The molecule has 0 spiro atoms. The lowest BCUT2D eigenvalue weighted by Crippen LogP contribution is -2.12. The normalized spacial score (nSPS) is 13.1. The molecule has 0 saturated carbocycles. The van der Waals surface area contributed by atoms with Gasteiger partial charge in [-0.2, -0.15) is 0 Å². The Morgan fingerprint density at radius 1 is 1.17 bits per heavy atom. The van der Waals surface area contributed by atoms with Crippen molar-refractivity contribution in [3.63, 3.8) is 0 Å². The predicted molar refractivity (Wildman–Crippen MR) is 100 cm³/mol. The van der Waals surface area contributed by atoms with E-state index in [2.05, 4.69) is 23.6 Å². The SMILES string of the molecule is CCC(C)c1ccc(S(=O)(=O)Nc2nc3ccc(C)cc3s2)cc1. The monoisotopic (exact) mass is 360 g/mol. The van der Waals surface area contributed by atoms with E-state index in [4.69, 9.17) is 0 Å². The van der Waals surface area contributed by atoms with Crippen molar-refractivity contribution in [2.75, 3.05) is 4.72 Å². The largest absolute Gasteiger partial charge is 0.263 e. The van der Waals surface area contributed by atoms with E-state index >= 15 is 0 Å². The van der Waals surface area contributed by atoms with Gasteiger partial charge in [-0.3, -0.25) is 4.72 Å². The van der Waals surface area contributed by atoms with Gasteiger partial charge in [-0.25, -0.2) is 13.4 Å². The maximum atomic E-state index is 12.6. The summed E-state index contributed by atoms with van der Waals surface area (Å²) in [6.07, 6.45) is 1.02. The van der Waals surface area contributed by atoms with Gasteiger partial charge in [0.1, 0.15) is 0 Å². The van der Waals surface area contributed by atoms with Gasteiger partial charge in [0, 0.05) is 0 Å². The molecule has 6 heteroatoms. The lowest BCUT2D eigenvalue weighted by molar-refractivity contribution is 0.601. The first-order chi connectivity index (χ1) is 11.4. The quantitative estimate of drug-likeness (QED) is 0.702. The van der Waals surface area contributed by atoms with Crippen molar-refractivity contribution in [1.82, 2.24) is 4.98 Å². The van der Waals surface area contributed by atoms with Crippen LogP contribution in [0.25, 0.3) is 10.2 Å². The number of benzene rings is 2. The number of anilines is 1. The molecule has 0 radical (unpaired) electrons. The van der Waals surface area contributed by atoms with Crippen molar-refractivity contribution in [2.24, 2.45) is 0 Å². The number of nitrogens with zero attached hydrogens (tertiary/aromatic N) is 1. The number of aryl methyl sites for hydroxylation is 1. The second-order valence-electron chi connectivity index (χ2n) is 5.97. The van der Waals surface area contributed by atoms with Crippen LogP contribution in [0.3, 0.4) is 0 Å². The summed E-state index contributed by atoms with van der Waals surface area (Å²) in [6, 6.07) is 12.9. The molecule has 0 fully saturated rings. The van der Waals surface area contributed by atoms with E-state index in [1.807, 2.05) is 37.3 Å².